The second-order valence-electron chi connectivity index (χ2n) is 6.21. The van der Waals surface area contributed by atoms with Gasteiger partial charge < -0.3 is 14.9 Å². The molecule has 1 aliphatic rings. The third-order valence-corrected chi connectivity index (χ3v) is 4.19. The molecule has 0 aliphatic carbocycles. The van der Waals surface area contributed by atoms with Gasteiger partial charge in [-0.2, -0.15) is 0 Å². The first-order chi connectivity index (χ1) is 9.85. The third-order valence-electron chi connectivity index (χ3n) is 4.19. The zero-order chi connectivity index (χ0) is 15.4. The average molecular weight is 284 g/mol. The predicted octanol–water partition coefficient (Wildman–Crippen LogP) is 3.80. The van der Waals surface area contributed by atoms with Crippen LogP contribution in [-0.2, 0) is 12.2 Å². The van der Waals surface area contributed by atoms with Crippen molar-refractivity contribution < 1.29 is 14.9 Å². The quantitative estimate of drug-likeness (QED) is 0.837. The van der Waals surface area contributed by atoms with Crippen LogP contribution in [0.2, 0.25) is 0 Å². The zero-order valence-corrected chi connectivity index (χ0v) is 12.8. The van der Waals surface area contributed by atoms with Gasteiger partial charge in [0.05, 0.1) is 12.2 Å². The van der Waals surface area contributed by atoms with Crippen molar-refractivity contribution in [1.29, 1.82) is 0 Å². The van der Waals surface area contributed by atoms with Crippen LogP contribution in [0.15, 0.2) is 24.3 Å². The lowest BCUT2D eigenvalue weighted by Gasteiger charge is -2.36. The van der Waals surface area contributed by atoms with E-state index in [1.807, 2.05) is 45.9 Å². The van der Waals surface area contributed by atoms with Gasteiger partial charge in [-0.05, 0) is 56.5 Å². The van der Waals surface area contributed by atoms with Gasteiger partial charge in [0.15, 0.2) is 0 Å². The Morgan fingerprint density at radius 2 is 1.81 bits per heavy atom. The van der Waals surface area contributed by atoms with E-state index >= 15 is 0 Å². The van der Waals surface area contributed by atoms with E-state index in [9.17, 15) is 10.2 Å². The van der Waals surface area contributed by atoms with Crippen LogP contribution < -0.4 is 4.74 Å². The highest BCUT2D eigenvalue weighted by atomic mass is 16.5. The summed E-state index contributed by atoms with van der Waals surface area (Å²) in [7, 11) is 0. The van der Waals surface area contributed by atoms with E-state index in [0.717, 1.165) is 27.8 Å². The number of phenolic OH excluding ortho intramolecular Hbond substituents is 1. The SMILES string of the molecule is Cc1cc(O)c2c(c1)OC(C)(C)c1ccc(C)c(CO)c1-2. The first-order valence-corrected chi connectivity index (χ1v) is 7.12. The Labute approximate surface area is 124 Å². The van der Waals surface area contributed by atoms with E-state index in [4.69, 9.17) is 4.74 Å². The number of ether oxygens (including phenoxy) is 1. The fourth-order valence-corrected chi connectivity index (χ4v) is 3.14. The molecule has 0 radical (unpaired) electrons. The molecule has 2 N–H and O–H groups in total. The van der Waals surface area contributed by atoms with Gasteiger partial charge in [-0.1, -0.05) is 12.1 Å². The molecule has 1 heterocycles. The topological polar surface area (TPSA) is 49.7 Å². The summed E-state index contributed by atoms with van der Waals surface area (Å²) in [5, 5.41) is 20.2. The van der Waals surface area contributed by atoms with Gasteiger partial charge in [-0.3, -0.25) is 0 Å². The minimum Gasteiger partial charge on any atom is -0.507 e. The van der Waals surface area contributed by atoms with Gasteiger partial charge in [0, 0.05) is 11.1 Å². The van der Waals surface area contributed by atoms with E-state index in [1.54, 1.807) is 6.07 Å². The summed E-state index contributed by atoms with van der Waals surface area (Å²) in [6, 6.07) is 7.68. The van der Waals surface area contributed by atoms with Crippen LogP contribution in [0.25, 0.3) is 11.1 Å². The molecule has 110 valence electrons. The van der Waals surface area contributed by atoms with Crippen LogP contribution in [0.4, 0.5) is 0 Å². The molecule has 0 bridgehead atoms. The maximum atomic E-state index is 10.4. The molecule has 1 aliphatic heterocycles. The van der Waals surface area contributed by atoms with Crippen LogP contribution in [-0.4, -0.2) is 10.2 Å². The molecule has 3 rings (SSSR count). The predicted molar refractivity (Wildman–Crippen MR) is 82.6 cm³/mol. The fourth-order valence-electron chi connectivity index (χ4n) is 3.14. The lowest BCUT2D eigenvalue weighted by molar-refractivity contribution is 0.105. The number of aryl methyl sites for hydroxylation is 2. The number of aromatic hydroxyl groups is 1. The molecule has 0 amide bonds. The molecule has 0 saturated heterocycles. The molecular weight excluding hydrogens is 264 g/mol. The van der Waals surface area contributed by atoms with Crippen molar-refractivity contribution in [2.24, 2.45) is 0 Å². The first kappa shape index (κ1) is 14.0. The number of aliphatic hydroxyl groups excluding tert-OH is 1. The minimum atomic E-state index is -0.500. The zero-order valence-electron chi connectivity index (χ0n) is 12.8. The maximum absolute atomic E-state index is 10.4. The number of hydrogen-bond acceptors (Lipinski definition) is 3. The fraction of sp³-hybridized carbons (Fsp3) is 0.333. The smallest absolute Gasteiger partial charge is 0.132 e. The van der Waals surface area contributed by atoms with Crippen molar-refractivity contribution in [3.63, 3.8) is 0 Å². The Morgan fingerprint density at radius 3 is 2.48 bits per heavy atom. The van der Waals surface area contributed by atoms with E-state index in [-0.39, 0.29) is 12.4 Å². The van der Waals surface area contributed by atoms with Gasteiger partial charge in [-0.25, -0.2) is 0 Å². The Morgan fingerprint density at radius 1 is 1.10 bits per heavy atom. The van der Waals surface area contributed by atoms with Crippen molar-refractivity contribution in [1.82, 2.24) is 0 Å². The van der Waals surface area contributed by atoms with Crippen molar-refractivity contribution in [3.8, 4) is 22.6 Å². The number of phenols is 1. The van der Waals surface area contributed by atoms with Crippen molar-refractivity contribution in [2.45, 2.75) is 39.9 Å². The van der Waals surface area contributed by atoms with Gasteiger partial charge in [0.2, 0.25) is 0 Å². The van der Waals surface area contributed by atoms with E-state index < -0.39 is 5.60 Å². The van der Waals surface area contributed by atoms with Crippen molar-refractivity contribution in [2.75, 3.05) is 0 Å². The number of benzene rings is 2. The van der Waals surface area contributed by atoms with Crippen LogP contribution >= 0.6 is 0 Å². The Kier molecular flexibility index (Phi) is 2.99. The lowest BCUT2D eigenvalue weighted by atomic mass is 9.81. The molecule has 0 spiro atoms. The number of hydrogen-bond donors (Lipinski definition) is 2. The van der Waals surface area contributed by atoms with Gasteiger partial charge in [0.1, 0.15) is 17.1 Å². The Hall–Kier alpha value is -2.00. The molecule has 0 aromatic heterocycles. The van der Waals surface area contributed by atoms with Crippen LogP contribution in [0, 0.1) is 13.8 Å². The minimum absolute atomic E-state index is 0.0577. The molecule has 21 heavy (non-hydrogen) atoms. The summed E-state index contributed by atoms with van der Waals surface area (Å²) in [6.07, 6.45) is 0. The normalized spacial score (nSPS) is 15.1. The van der Waals surface area contributed by atoms with E-state index in [0.29, 0.717) is 11.3 Å². The summed E-state index contributed by atoms with van der Waals surface area (Å²) in [5.41, 5.74) is 4.89. The first-order valence-electron chi connectivity index (χ1n) is 7.12. The molecule has 3 nitrogen and oxygen atoms in total. The van der Waals surface area contributed by atoms with Crippen molar-refractivity contribution >= 4 is 0 Å². The average Bonchev–Trinajstić information content (AvgIpc) is 2.36. The molecule has 3 heteroatoms. The van der Waals surface area contributed by atoms with Crippen LogP contribution in [0.5, 0.6) is 11.5 Å². The third kappa shape index (κ3) is 2.00. The molecule has 0 atom stereocenters. The Balaban J connectivity index is 2.45. The van der Waals surface area contributed by atoms with Crippen LogP contribution in [0.1, 0.15) is 36.1 Å². The Bertz CT molecular complexity index is 730. The summed E-state index contributed by atoms with van der Waals surface area (Å²) in [5.74, 6) is 0.868. The summed E-state index contributed by atoms with van der Waals surface area (Å²) in [6.45, 7) is 7.85. The molecule has 0 fully saturated rings. The second kappa shape index (κ2) is 4.50. The second-order valence-corrected chi connectivity index (χ2v) is 6.21. The summed E-state index contributed by atoms with van der Waals surface area (Å²) in [4.78, 5) is 0. The van der Waals surface area contributed by atoms with Gasteiger partial charge >= 0.3 is 0 Å². The van der Waals surface area contributed by atoms with Crippen molar-refractivity contribution in [3.05, 3.63) is 46.5 Å². The summed E-state index contributed by atoms with van der Waals surface area (Å²) >= 11 is 0. The highest BCUT2D eigenvalue weighted by Crippen LogP contribution is 2.51. The standard InChI is InChI=1S/C18H20O3/c1-10-7-14(20)17-15(8-10)21-18(3,4)13-6-5-11(2)12(9-19)16(13)17/h5-8,19-20H,9H2,1-4H3. The largest absolute Gasteiger partial charge is 0.507 e. The molecule has 0 unspecified atom stereocenters. The number of rotatable bonds is 1. The molecule has 2 aromatic carbocycles. The number of fused-ring (bicyclic) bond motifs is 3. The highest BCUT2D eigenvalue weighted by molar-refractivity contribution is 5.84. The highest BCUT2D eigenvalue weighted by Gasteiger charge is 2.35. The molecule has 2 aromatic rings. The van der Waals surface area contributed by atoms with Gasteiger partial charge in [0.25, 0.3) is 0 Å². The summed E-state index contributed by atoms with van der Waals surface area (Å²) < 4.78 is 6.11. The number of aliphatic hydroxyl groups is 1. The molecular formula is C18H20O3. The van der Waals surface area contributed by atoms with Gasteiger partial charge in [-0.15, -0.1) is 0 Å². The van der Waals surface area contributed by atoms with E-state index in [1.165, 1.54) is 0 Å². The monoisotopic (exact) mass is 284 g/mol. The lowest BCUT2D eigenvalue weighted by Crippen LogP contribution is -2.30. The maximum Gasteiger partial charge on any atom is 0.132 e. The van der Waals surface area contributed by atoms with E-state index in [2.05, 4.69) is 0 Å². The molecule has 0 saturated carbocycles. The van der Waals surface area contributed by atoms with Crippen LogP contribution in [0.3, 0.4) is 0 Å².